The van der Waals surface area contributed by atoms with Crippen molar-refractivity contribution in [2.75, 3.05) is 6.61 Å². The minimum absolute atomic E-state index is 0.0424. The first-order valence-corrected chi connectivity index (χ1v) is 17.2. The minimum Gasteiger partial charge on any atom is -0.376 e. The van der Waals surface area contributed by atoms with Crippen molar-refractivity contribution in [1.82, 2.24) is 0 Å². The Morgan fingerprint density at radius 2 is 0.917 bits per heavy atom. The molecule has 1 fully saturated rings. The number of rotatable bonds is 16. The van der Waals surface area contributed by atoms with Crippen molar-refractivity contribution < 1.29 is 23.5 Å². The van der Waals surface area contributed by atoms with Crippen molar-refractivity contribution in [2.24, 2.45) is 5.92 Å². The predicted molar refractivity (Wildman–Crippen MR) is 193 cm³/mol. The summed E-state index contributed by atoms with van der Waals surface area (Å²) < 4.78 is 32.7. The van der Waals surface area contributed by atoms with Gasteiger partial charge in [-0.1, -0.05) is 146 Å². The Hall–Kier alpha value is -3.67. The highest BCUT2D eigenvalue weighted by molar-refractivity contribution is 7.09. The second kappa shape index (κ2) is 18.2. The molecule has 1 aliphatic rings. The summed E-state index contributed by atoms with van der Waals surface area (Å²) >= 11 is 0. The van der Waals surface area contributed by atoms with E-state index in [0.29, 0.717) is 39.6 Å². The molecule has 0 N–H and O–H groups in total. The molecule has 1 unspecified atom stereocenters. The average molecular weight is 661 g/mol. The Kier molecular flexibility index (Phi) is 13.0. The van der Waals surface area contributed by atoms with E-state index in [9.17, 15) is 0 Å². The maximum atomic E-state index is 6.96. The Balaban J connectivity index is 1.35. The minimum atomic E-state index is -0.358. The first kappa shape index (κ1) is 34.2. The zero-order chi connectivity index (χ0) is 32.8. The SMILES string of the molecule is POCc1cccc([C@@H]2C[C@H](COCc3ccccc3)[C@@H](OCc3ccccc3)[C@H](OCc3ccccc3)[C@H]2OCc2ccccc2)c1. The van der Waals surface area contributed by atoms with Gasteiger partial charge in [-0.05, 0) is 39.8 Å². The molecule has 5 aromatic carbocycles. The highest BCUT2D eigenvalue weighted by atomic mass is 31.0. The molecule has 5 nitrogen and oxygen atoms in total. The van der Waals surface area contributed by atoms with Crippen molar-refractivity contribution in [3.05, 3.63) is 179 Å². The lowest BCUT2D eigenvalue weighted by Gasteiger charge is -2.46. The van der Waals surface area contributed by atoms with Crippen molar-refractivity contribution in [3.63, 3.8) is 0 Å². The molecule has 0 aliphatic heterocycles. The van der Waals surface area contributed by atoms with Crippen molar-refractivity contribution in [1.29, 1.82) is 0 Å². The van der Waals surface area contributed by atoms with E-state index in [0.717, 1.165) is 34.2 Å². The van der Waals surface area contributed by atoms with Crippen molar-refractivity contribution in [2.45, 2.75) is 63.7 Å². The van der Waals surface area contributed by atoms with Crippen LogP contribution in [-0.4, -0.2) is 24.9 Å². The van der Waals surface area contributed by atoms with Gasteiger partial charge < -0.3 is 23.5 Å². The van der Waals surface area contributed by atoms with Crippen LogP contribution in [0.4, 0.5) is 0 Å². The van der Waals surface area contributed by atoms with Crippen LogP contribution in [0.3, 0.4) is 0 Å². The lowest BCUT2D eigenvalue weighted by atomic mass is 9.72. The van der Waals surface area contributed by atoms with Crippen LogP contribution in [0.15, 0.2) is 146 Å². The van der Waals surface area contributed by atoms with E-state index in [1.54, 1.807) is 0 Å². The average Bonchev–Trinajstić information content (AvgIpc) is 3.14. The molecule has 5 aromatic rings. The molecule has 48 heavy (non-hydrogen) atoms. The molecule has 0 aromatic heterocycles. The van der Waals surface area contributed by atoms with Gasteiger partial charge >= 0.3 is 0 Å². The van der Waals surface area contributed by atoms with Crippen LogP contribution in [0.25, 0.3) is 0 Å². The van der Waals surface area contributed by atoms with Gasteiger partial charge in [0.15, 0.2) is 0 Å². The van der Waals surface area contributed by atoms with Crippen molar-refractivity contribution >= 4 is 9.47 Å². The number of benzene rings is 5. The van der Waals surface area contributed by atoms with Crippen LogP contribution in [-0.2, 0) is 56.5 Å². The molecule has 1 aliphatic carbocycles. The zero-order valence-corrected chi connectivity index (χ0v) is 28.5. The second-order valence-electron chi connectivity index (χ2n) is 12.4. The molecular formula is C42H45O5P. The first-order chi connectivity index (χ1) is 23.8. The van der Waals surface area contributed by atoms with E-state index in [-0.39, 0.29) is 30.1 Å². The quantitative estimate of drug-likeness (QED) is 0.0989. The smallest absolute Gasteiger partial charge is 0.111 e. The van der Waals surface area contributed by atoms with Gasteiger partial charge in [0.1, 0.15) is 6.10 Å². The molecule has 1 saturated carbocycles. The normalized spacial score (nSPS) is 20.8. The number of hydrogen-bond acceptors (Lipinski definition) is 5. The van der Waals surface area contributed by atoms with E-state index in [1.807, 2.05) is 24.3 Å². The van der Waals surface area contributed by atoms with Crippen LogP contribution in [0, 0.1) is 5.92 Å². The molecule has 0 radical (unpaired) electrons. The second-order valence-corrected chi connectivity index (χ2v) is 12.8. The van der Waals surface area contributed by atoms with Gasteiger partial charge in [0, 0.05) is 21.3 Å². The summed E-state index contributed by atoms with van der Waals surface area (Å²) in [7, 11) is 2.36. The summed E-state index contributed by atoms with van der Waals surface area (Å²) in [5.41, 5.74) is 6.83. The predicted octanol–water partition coefficient (Wildman–Crippen LogP) is 9.07. The largest absolute Gasteiger partial charge is 0.376 e. The molecule has 0 heterocycles. The fourth-order valence-electron chi connectivity index (χ4n) is 6.61. The topological polar surface area (TPSA) is 46.2 Å². The van der Waals surface area contributed by atoms with Crippen LogP contribution in [0.1, 0.15) is 45.7 Å². The third-order valence-corrected chi connectivity index (χ3v) is 9.16. The van der Waals surface area contributed by atoms with Gasteiger partial charge in [-0.15, -0.1) is 0 Å². The van der Waals surface area contributed by atoms with Gasteiger partial charge in [0.25, 0.3) is 0 Å². The Bertz CT molecular complexity index is 1620. The monoisotopic (exact) mass is 660 g/mol. The van der Waals surface area contributed by atoms with E-state index < -0.39 is 0 Å². The van der Waals surface area contributed by atoms with E-state index in [2.05, 4.69) is 131 Å². The summed E-state index contributed by atoms with van der Waals surface area (Å²) in [6, 6.07) is 50.1. The number of ether oxygens (including phenoxy) is 4. The molecule has 6 heteroatoms. The van der Waals surface area contributed by atoms with Crippen LogP contribution in [0.2, 0.25) is 0 Å². The molecule has 6 atom stereocenters. The highest BCUT2D eigenvalue weighted by Gasteiger charge is 2.47. The maximum Gasteiger partial charge on any atom is 0.111 e. The van der Waals surface area contributed by atoms with Gasteiger partial charge in [0.05, 0.1) is 51.8 Å². The standard InChI is InChI=1S/C42H45O5P/c48-47-30-36-22-13-23-37(24-36)39-25-38(31-43-26-32-14-5-1-6-15-32)40(44-27-33-16-7-2-8-17-33)42(46-29-35-20-11-4-12-21-35)41(39)45-28-34-18-9-3-10-19-34/h1-24,38-42H,25-31,48H2/t38-,39+,40-,41+,42+/m1/s1. The summed E-state index contributed by atoms with van der Waals surface area (Å²) in [5.74, 6) is 0.0993. The Labute approximate surface area is 287 Å². The third kappa shape index (κ3) is 9.70. The van der Waals surface area contributed by atoms with Crippen LogP contribution < -0.4 is 0 Å². The fourth-order valence-corrected chi connectivity index (χ4v) is 6.80. The van der Waals surface area contributed by atoms with E-state index >= 15 is 0 Å². The zero-order valence-electron chi connectivity index (χ0n) is 27.3. The van der Waals surface area contributed by atoms with E-state index in [4.69, 9.17) is 23.5 Å². The highest BCUT2D eigenvalue weighted by Crippen LogP contribution is 2.43. The summed E-state index contributed by atoms with van der Waals surface area (Å²) in [4.78, 5) is 0. The lowest BCUT2D eigenvalue weighted by molar-refractivity contribution is -0.201. The molecule has 0 amide bonds. The first-order valence-electron chi connectivity index (χ1n) is 16.8. The van der Waals surface area contributed by atoms with E-state index in [1.165, 1.54) is 5.56 Å². The Morgan fingerprint density at radius 3 is 1.44 bits per heavy atom. The lowest BCUT2D eigenvalue weighted by Crippen LogP contribution is -2.54. The maximum absolute atomic E-state index is 6.96. The molecule has 0 spiro atoms. The van der Waals surface area contributed by atoms with Gasteiger partial charge in [-0.25, -0.2) is 0 Å². The van der Waals surface area contributed by atoms with Gasteiger partial charge in [-0.2, -0.15) is 0 Å². The van der Waals surface area contributed by atoms with Gasteiger partial charge in [0.2, 0.25) is 0 Å². The fraction of sp³-hybridized carbons (Fsp3) is 0.286. The Morgan fingerprint density at radius 1 is 0.458 bits per heavy atom. The van der Waals surface area contributed by atoms with Crippen molar-refractivity contribution in [3.8, 4) is 0 Å². The number of hydrogen-bond donors (Lipinski definition) is 0. The third-order valence-electron chi connectivity index (χ3n) is 8.99. The van der Waals surface area contributed by atoms with Crippen LogP contribution in [0.5, 0.6) is 0 Å². The molecule has 0 saturated heterocycles. The van der Waals surface area contributed by atoms with Crippen LogP contribution >= 0.6 is 9.47 Å². The molecule has 0 bridgehead atoms. The summed E-state index contributed by atoms with van der Waals surface area (Å²) in [6.07, 6.45) is -0.0692. The summed E-state index contributed by atoms with van der Waals surface area (Å²) in [6.45, 7) is 2.99. The molecule has 248 valence electrons. The summed E-state index contributed by atoms with van der Waals surface area (Å²) in [5, 5.41) is 0. The molecule has 6 rings (SSSR count). The van der Waals surface area contributed by atoms with Gasteiger partial charge in [-0.3, -0.25) is 0 Å². The molecular weight excluding hydrogens is 615 g/mol.